The molecule has 0 saturated carbocycles. The van der Waals surface area contributed by atoms with Crippen LogP contribution in [0.15, 0.2) is 58.1 Å². The molecule has 1 aliphatic heterocycles. The van der Waals surface area contributed by atoms with Gasteiger partial charge in [0.25, 0.3) is 11.5 Å². The first-order valence-electron chi connectivity index (χ1n) is 10.1. The molecule has 7 nitrogen and oxygen atoms in total. The van der Waals surface area contributed by atoms with Crippen LogP contribution < -0.4 is 11.2 Å². The molecule has 0 atom stereocenters. The molecular formula is C22H18F4N4O3. The van der Waals surface area contributed by atoms with Crippen molar-refractivity contribution in [3.8, 4) is 5.69 Å². The molecule has 0 aliphatic carbocycles. The molecule has 0 N–H and O–H groups in total. The summed E-state index contributed by atoms with van der Waals surface area (Å²) in [6, 6.07) is 9.28. The molecule has 0 radical (unpaired) electrons. The predicted octanol–water partition coefficient (Wildman–Crippen LogP) is 2.84. The predicted molar refractivity (Wildman–Crippen MR) is 110 cm³/mol. The van der Waals surface area contributed by atoms with Crippen molar-refractivity contribution in [2.45, 2.75) is 25.6 Å². The third-order valence-corrected chi connectivity index (χ3v) is 5.33. The number of nitrogens with zero attached hydrogens (tertiary/aromatic N) is 4. The van der Waals surface area contributed by atoms with Crippen molar-refractivity contribution in [3.05, 3.63) is 92.0 Å². The van der Waals surface area contributed by atoms with E-state index in [-0.39, 0.29) is 11.3 Å². The summed E-state index contributed by atoms with van der Waals surface area (Å²) in [7, 11) is 0. The number of benzene rings is 2. The maximum atomic E-state index is 14.4. The highest BCUT2D eigenvalue weighted by molar-refractivity contribution is 5.92. The number of hydrogen-bond acceptors (Lipinski definition) is 4. The molecule has 11 heteroatoms. The first-order valence-corrected chi connectivity index (χ1v) is 10.1. The van der Waals surface area contributed by atoms with Crippen LogP contribution >= 0.6 is 0 Å². The van der Waals surface area contributed by atoms with E-state index in [2.05, 4.69) is 5.10 Å². The normalized spacial score (nSPS) is 14.0. The quantitative estimate of drug-likeness (QED) is 0.559. The van der Waals surface area contributed by atoms with Gasteiger partial charge in [0.15, 0.2) is 0 Å². The molecule has 0 bridgehead atoms. The SMILES string of the molecule is O=C(c1nn(-c2ccccc2F)c(=O)n(Cc2cccc(C(F)(F)F)c2)c1=O)N1CCCC1. The first kappa shape index (κ1) is 22.4. The highest BCUT2D eigenvalue weighted by Gasteiger charge is 2.31. The molecule has 172 valence electrons. The Kier molecular flexibility index (Phi) is 5.88. The van der Waals surface area contributed by atoms with Crippen LogP contribution in [0.2, 0.25) is 0 Å². The molecule has 4 rings (SSSR count). The van der Waals surface area contributed by atoms with E-state index in [0.717, 1.165) is 37.1 Å². The zero-order valence-corrected chi connectivity index (χ0v) is 17.2. The van der Waals surface area contributed by atoms with E-state index in [1.165, 1.54) is 29.2 Å². The lowest BCUT2D eigenvalue weighted by Gasteiger charge is -2.17. The average molecular weight is 462 g/mol. The van der Waals surface area contributed by atoms with E-state index < -0.39 is 47.0 Å². The fraction of sp³-hybridized carbons (Fsp3) is 0.273. The summed E-state index contributed by atoms with van der Waals surface area (Å²) in [4.78, 5) is 40.5. The first-order chi connectivity index (χ1) is 15.7. The molecule has 0 spiro atoms. The number of halogens is 4. The van der Waals surface area contributed by atoms with Crippen molar-refractivity contribution in [1.82, 2.24) is 19.2 Å². The van der Waals surface area contributed by atoms with E-state index in [9.17, 15) is 31.9 Å². The summed E-state index contributed by atoms with van der Waals surface area (Å²) in [5.74, 6) is -1.55. The van der Waals surface area contributed by atoms with Gasteiger partial charge in [-0.05, 0) is 42.7 Å². The molecule has 3 aromatic rings. The summed E-state index contributed by atoms with van der Waals surface area (Å²) >= 11 is 0. The lowest BCUT2D eigenvalue weighted by atomic mass is 10.1. The van der Waals surface area contributed by atoms with Crippen LogP contribution in [0, 0.1) is 5.82 Å². The van der Waals surface area contributed by atoms with E-state index >= 15 is 0 Å². The molecule has 1 saturated heterocycles. The van der Waals surface area contributed by atoms with E-state index in [0.29, 0.717) is 22.3 Å². The highest BCUT2D eigenvalue weighted by Crippen LogP contribution is 2.29. The van der Waals surface area contributed by atoms with Gasteiger partial charge >= 0.3 is 11.9 Å². The van der Waals surface area contributed by atoms with Crippen LogP contribution in [0.25, 0.3) is 5.69 Å². The number of likely N-dealkylation sites (tertiary alicyclic amines) is 1. The zero-order valence-electron chi connectivity index (χ0n) is 17.2. The molecule has 0 unspecified atom stereocenters. The van der Waals surface area contributed by atoms with Crippen LogP contribution in [0.3, 0.4) is 0 Å². The average Bonchev–Trinajstić information content (AvgIpc) is 3.32. The van der Waals surface area contributed by atoms with Gasteiger partial charge in [0, 0.05) is 13.1 Å². The fourth-order valence-electron chi connectivity index (χ4n) is 3.67. The van der Waals surface area contributed by atoms with E-state index in [1.807, 2.05) is 0 Å². The Balaban J connectivity index is 1.89. The second kappa shape index (κ2) is 8.64. The minimum atomic E-state index is -4.62. The Morgan fingerprint density at radius 2 is 1.70 bits per heavy atom. The smallest absolute Gasteiger partial charge is 0.337 e. The summed E-state index contributed by atoms with van der Waals surface area (Å²) in [6.45, 7) is 0.234. The minimum absolute atomic E-state index is 0.00915. The standard InChI is InChI=1S/C22H18F4N4O3/c23-16-8-1-2-9-17(16)30-21(33)29(13-14-6-5-7-15(12-14)22(24,25)26)20(32)18(27-30)19(31)28-10-3-4-11-28/h1-2,5-9,12H,3-4,10-11,13H2. The van der Waals surface area contributed by atoms with Crippen molar-refractivity contribution >= 4 is 5.91 Å². The Bertz CT molecular complexity index is 1320. The van der Waals surface area contributed by atoms with Gasteiger partial charge in [-0.3, -0.25) is 14.2 Å². The minimum Gasteiger partial charge on any atom is -0.337 e. The molecule has 33 heavy (non-hydrogen) atoms. The number of aromatic nitrogens is 3. The fourth-order valence-corrected chi connectivity index (χ4v) is 3.67. The largest absolute Gasteiger partial charge is 0.416 e. The van der Waals surface area contributed by atoms with Crippen LogP contribution in [0.4, 0.5) is 17.6 Å². The van der Waals surface area contributed by atoms with Gasteiger partial charge in [-0.25, -0.2) is 9.18 Å². The second-order valence-corrected chi connectivity index (χ2v) is 7.58. The van der Waals surface area contributed by atoms with Gasteiger partial charge in [0.2, 0.25) is 5.69 Å². The van der Waals surface area contributed by atoms with Gasteiger partial charge in [0.05, 0.1) is 12.1 Å². The van der Waals surface area contributed by atoms with Crippen LogP contribution in [-0.2, 0) is 12.7 Å². The monoisotopic (exact) mass is 462 g/mol. The molecule has 1 aromatic heterocycles. The van der Waals surface area contributed by atoms with Crippen molar-refractivity contribution in [2.75, 3.05) is 13.1 Å². The van der Waals surface area contributed by atoms with Gasteiger partial charge in [-0.15, -0.1) is 0 Å². The van der Waals surface area contributed by atoms with Gasteiger partial charge in [-0.2, -0.15) is 23.0 Å². The number of carbonyl (C=O) groups excluding carboxylic acids is 1. The van der Waals surface area contributed by atoms with Crippen molar-refractivity contribution < 1.29 is 22.4 Å². The third kappa shape index (κ3) is 4.43. The number of para-hydroxylation sites is 1. The van der Waals surface area contributed by atoms with Crippen molar-refractivity contribution in [2.24, 2.45) is 0 Å². The maximum Gasteiger partial charge on any atom is 0.416 e. The summed E-state index contributed by atoms with van der Waals surface area (Å²) in [6.07, 6.45) is -3.16. The number of hydrogen-bond donors (Lipinski definition) is 0. The number of carbonyl (C=O) groups is 1. The summed E-state index contributed by atoms with van der Waals surface area (Å²) in [5.41, 5.74) is -3.98. The van der Waals surface area contributed by atoms with Gasteiger partial charge in [-0.1, -0.05) is 24.3 Å². The number of alkyl halides is 3. The number of amides is 1. The van der Waals surface area contributed by atoms with Crippen LogP contribution in [0.5, 0.6) is 0 Å². The van der Waals surface area contributed by atoms with Gasteiger partial charge < -0.3 is 4.90 Å². The van der Waals surface area contributed by atoms with Gasteiger partial charge in [0.1, 0.15) is 11.5 Å². The maximum absolute atomic E-state index is 14.4. The van der Waals surface area contributed by atoms with Crippen molar-refractivity contribution in [3.63, 3.8) is 0 Å². The topological polar surface area (TPSA) is 77.2 Å². The zero-order chi connectivity index (χ0) is 23.8. The van der Waals surface area contributed by atoms with E-state index in [1.54, 1.807) is 0 Å². The van der Waals surface area contributed by atoms with Crippen LogP contribution in [0.1, 0.15) is 34.5 Å². The lowest BCUT2D eigenvalue weighted by Crippen LogP contribution is -2.46. The lowest BCUT2D eigenvalue weighted by molar-refractivity contribution is -0.137. The Morgan fingerprint density at radius 3 is 2.36 bits per heavy atom. The Morgan fingerprint density at radius 1 is 1.00 bits per heavy atom. The Hall–Kier alpha value is -3.76. The van der Waals surface area contributed by atoms with Crippen LogP contribution in [-0.4, -0.2) is 38.2 Å². The second-order valence-electron chi connectivity index (χ2n) is 7.58. The Labute approximate surface area is 184 Å². The molecule has 2 aromatic carbocycles. The molecule has 1 fully saturated rings. The summed E-state index contributed by atoms with van der Waals surface area (Å²) < 4.78 is 54.9. The third-order valence-electron chi connectivity index (χ3n) is 5.33. The van der Waals surface area contributed by atoms with Crippen molar-refractivity contribution in [1.29, 1.82) is 0 Å². The van der Waals surface area contributed by atoms with E-state index in [4.69, 9.17) is 0 Å². The molecular weight excluding hydrogens is 444 g/mol. The number of rotatable bonds is 4. The highest BCUT2D eigenvalue weighted by atomic mass is 19.4. The molecule has 1 aliphatic rings. The molecule has 1 amide bonds. The summed E-state index contributed by atoms with van der Waals surface area (Å²) in [5, 5.41) is 3.87. The molecule has 2 heterocycles.